The maximum Gasteiger partial charge on any atom is 0.322 e. The summed E-state index contributed by atoms with van der Waals surface area (Å²) < 4.78 is 15.6. The molecular weight excluding hydrogens is 841 g/mol. The van der Waals surface area contributed by atoms with Crippen molar-refractivity contribution in [3.05, 3.63) is 0 Å². The van der Waals surface area contributed by atoms with Crippen LogP contribution in [0.2, 0.25) is 0 Å². The van der Waals surface area contributed by atoms with E-state index in [0.717, 1.165) is 38.5 Å². The van der Waals surface area contributed by atoms with Crippen molar-refractivity contribution in [3.63, 3.8) is 0 Å². The molecule has 0 radical (unpaired) electrons. The average molecular weight is 954 g/mol. The van der Waals surface area contributed by atoms with Crippen LogP contribution in [0.4, 0.5) is 0 Å². The van der Waals surface area contributed by atoms with Gasteiger partial charge in [-0.3, -0.25) is 19.3 Å². The molecule has 10 heteroatoms. The van der Waals surface area contributed by atoms with Gasteiger partial charge in [-0.15, -0.1) is 0 Å². The van der Waals surface area contributed by atoms with Crippen molar-refractivity contribution in [2.75, 3.05) is 40.0 Å². The van der Waals surface area contributed by atoms with Gasteiger partial charge in [0.1, 0.15) is 31.5 Å². The van der Waals surface area contributed by atoms with Crippen LogP contribution in [0.3, 0.4) is 0 Å². The molecule has 0 heterocycles. The van der Waals surface area contributed by atoms with Crippen molar-refractivity contribution in [3.8, 4) is 0 Å². The minimum Gasteiger partial charge on any atom is -0.468 e. The van der Waals surface area contributed by atoms with Gasteiger partial charge in [-0.2, -0.15) is 0 Å². The Morgan fingerprint density at radius 3 is 0.955 bits per heavy atom. The van der Waals surface area contributed by atoms with E-state index in [0.29, 0.717) is 38.6 Å². The summed E-state index contributed by atoms with van der Waals surface area (Å²) in [6, 6.07) is -0.698. The highest BCUT2D eigenvalue weighted by molar-refractivity contribution is 5.75. The SMILES string of the molecule is CCCCCCCCCCCCCCCCCCCCCC(=O)OCC(O)CN(CCCCC(N)C(=O)OC)CC(O)COC(=O)CCCCCCCCCCCCCCCCCCCCC. The number of aliphatic hydroxyl groups excluding tert-OH is 2. The smallest absolute Gasteiger partial charge is 0.322 e. The van der Waals surface area contributed by atoms with Crippen LogP contribution in [0.25, 0.3) is 0 Å². The number of carbonyl (C=O) groups excluding carboxylic acids is 3. The molecule has 0 bridgehead atoms. The number of hydrogen-bond acceptors (Lipinski definition) is 10. The third-order valence-corrected chi connectivity index (χ3v) is 13.5. The summed E-state index contributed by atoms with van der Waals surface area (Å²) in [7, 11) is 1.32. The first kappa shape index (κ1) is 65.2. The lowest BCUT2D eigenvalue weighted by atomic mass is 10.0. The van der Waals surface area contributed by atoms with Crippen LogP contribution >= 0.6 is 0 Å². The number of methoxy groups -OCH3 is 1. The largest absolute Gasteiger partial charge is 0.468 e. The highest BCUT2D eigenvalue weighted by atomic mass is 16.5. The third-order valence-electron chi connectivity index (χ3n) is 13.5. The molecule has 3 atom stereocenters. The summed E-state index contributed by atoms with van der Waals surface area (Å²) in [4.78, 5) is 38.5. The van der Waals surface area contributed by atoms with Crippen molar-refractivity contribution >= 4 is 17.9 Å². The molecule has 0 aromatic heterocycles. The highest BCUT2D eigenvalue weighted by Crippen LogP contribution is 2.17. The molecule has 0 aliphatic heterocycles. The number of esters is 3. The Morgan fingerprint density at radius 1 is 0.418 bits per heavy atom. The molecule has 0 rings (SSSR count). The number of carbonyl (C=O) groups is 3. The Balaban J connectivity index is 4.14. The van der Waals surface area contributed by atoms with E-state index in [1.807, 2.05) is 4.90 Å². The number of ether oxygens (including phenoxy) is 3. The lowest BCUT2D eigenvalue weighted by molar-refractivity contribution is -0.147. The second-order valence-corrected chi connectivity index (χ2v) is 20.3. The van der Waals surface area contributed by atoms with E-state index >= 15 is 0 Å². The molecule has 0 aliphatic carbocycles. The second kappa shape index (κ2) is 52.1. The van der Waals surface area contributed by atoms with Gasteiger partial charge in [0, 0.05) is 25.9 Å². The summed E-state index contributed by atoms with van der Waals surface area (Å²) in [6.45, 7) is 5.20. The second-order valence-electron chi connectivity index (χ2n) is 20.3. The van der Waals surface area contributed by atoms with Gasteiger partial charge in [0.25, 0.3) is 0 Å². The highest BCUT2D eigenvalue weighted by Gasteiger charge is 2.19. The molecule has 10 nitrogen and oxygen atoms in total. The summed E-state index contributed by atoms with van der Waals surface area (Å²) in [5.41, 5.74) is 5.90. The first-order valence-electron chi connectivity index (χ1n) is 29.0. The van der Waals surface area contributed by atoms with E-state index < -0.39 is 24.2 Å². The van der Waals surface area contributed by atoms with Gasteiger partial charge in [-0.25, -0.2) is 0 Å². The minimum absolute atomic E-state index is 0.119. The van der Waals surface area contributed by atoms with Gasteiger partial charge >= 0.3 is 17.9 Å². The Morgan fingerprint density at radius 2 is 0.687 bits per heavy atom. The molecule has 3 unspecified atom stereocenters. The quantitative estimate of drug-likeness (QED) is 0.0306. The van der Waals surface area contributed by atoms with Crippen LogP contribution in [0, 0.1) is 0 Å². The first-order chi connectivity index (χ1) is 32.7. The Hall–Kier alpha value is -1.75. The predicted octanol–water partition coefficient (Wildman–Crippen LogP) is 14.4. The van der Waals surface area contributed by atoms with Crippen LogP contribution in [0.5, 0.6) is 0 Å². The normalized spacial score (nSPS) is 12.9. The molecule has 0 fully saturated rings. The van der Waals surface area contributed by atoms with Crippen LogP contribution in [0.15, 0.2) is 0 Å². The average Bonchev–Trinajstić information content (AvgIpc) is 3.32. The number of nitrogens with zero attached hydrogens (tertiary/aromatic N) is 1. The van der Waals surface area contributed by atoms with E-state index in [2.05, 4.69) is 13.8 Å². The fourth-order valence-electron chi connectivity index (χ4n) is 9.15. The molecule has 0 aromatic carbocycles. The summed E-state index contributed by atoms with van der Waals surface area (Å²) in [6.07, 6.45) is 50.1. The molecule has 0 spiro atoms. The maximum atomic E-state index is 12.5. The molecule has 4 N–H and O–H groups in total. The summed E-state index contributed by atoms with van der Waals surface area (Å²) >= 11 is 0. The fourth-order valence-corrected chi connectivity index (χ4v) is 9.15. The standard InChI is InChI=1S/C57H112N2O8/c1-4-6-8-10-12-14-16-18-20-22-24-26-28-30-32-34-36-38-40-45-55(62)66-50-52(60)48-59(47-43-42-44-54(58)57(64)65-3)49-53(61)51-67-56(63)46-41-39-37-35-33-31-29-27-25-23-21-19-17-15-13-11-9-7-5-2/h52-54,60-61H,4-51,58H2,1-3H3. The van der Waals surface area contributed by atoms with Crippen LogP contribution in [0.1, 0.15) is 290 Å². The number of rotatable bonds is 54. The number of unbranched alkanes of at least 4 members (excludes halogenated alkanes) is 37. The van der Waals surface area contributed by atoms with Crippen molar-refractivity contribution < 1.29 is 38.8 Å². The zero-order valence-corrected chi connectivity index (χ0v) is 44.5. The Labute approximate surface area is 414 Å². The molecule has 398 valence electrons. The molecule has 0 amide bonds. The number of aliphatic hydroxyl groups is 2. The van der Waals surface area contributed by atoms with E-state index in [1.54, 1.807) is 0 Å². The topological polar surface area (TPSA) is 149 Å². The van der Waals surface area contributed by atoms with E-state index in [9.17, 15) is 24.6 Å². The van der Waals surface area contributed by atoms with Crippen molar-refractivity contribution in [2.45, 2.75) is 308 Å². The van der Waals surface area contributed by atoms with Crippen LogP contribution in [-0.2, 0) is 28.6 Å². The van der Waals surface area contributed by atoms with E-state index in [1.165, 1.54) is 213 Å². The minimum atomic E-state index is -0.935. The predicted molar refractivity (Wildman–Crippen MR) is 280 cm³/mol. The third kappa shape index (κ3) is 49.0. The number of nitrogens with two attached hydrogens (primary N) is 1. The monoisotopic (exact) mass is 953 g/mol. The van der Waals surface area contributed by atoms with E-state index in [4.69, 9.17) is 19.9 Å². The zero-order chi connectivity index (χ0) is 49.1. The van der Waals surface area contributed by atoms with Gasteiger partial charge in [0.05, 0.1) is 7.11 Å². The van der Waals surface area contributed by atoms with Gasteiger partial charge in [-0.05, 0) is 32.2 Å². The van der Waals surface area contributed by atoms with Crippen molar-refractivity contribution in [1.82, 2.24) is 4.90 Å². The van der Waals surface area contributed by atoms with Crippen LogP contribution in [-0.4, -0.2) is 91.2 Å². The summed E-state index contributed by atoms with van der Waals surface area (Å²) in [5.74, 6) is -1.05. The molecule has 0 aromatic rings. The number of hydrogen-bond donors (Lipinski definition) is 3. The Bertz CT molecular complexity index is 997. The molecule has 0 saturated heterocycles. The van der Waals surface area contributed by atoms with Gasteiger partial charge in [-0.1, -0.05) is 251 Å². The van der Waals surface area contributed by atoms with E-state index in [-0.39, 0.29) is 38.2 Å². The molecule has 67 heavy (non-hydrogen) atoms. The van der Waals surface area contributed by atoms with Gasteiger partial charge < -0.3 is 30.2 Å². The lowest BCUT2D eigenvalue weighted by Crippen LogP contribution is -2.42. The van der Waals surface area contributed by atoms with Crippen molar-refractivity contribution in [1.29, 1.82) is 0 Å². The lowest BCUT2D eigenvalue weighted by Gasteiger charge is -2.27. The Kier molecular flexibility index (Phi) is 50.7. The van der Waals surface area contributed by atoms with Crippen molar-refractivity contribution in [2.24, 2.45) is 5.73 Å². The zero-order valence-electron chi connectivity index (χ0n) is 44.5. The van der Waals surface area contributed by atoms with Gasteiger partial charge in [0.2, 0.25) is 0 Å². The van der Waals surface area contributed by atoms with Gasteiger partial charge in [0.15, 0.2) is 0 Å². The molecular formula is C57H112N2O8. The first-order valence-corrected chi connectivity index (χ1v) is 29.0. The van der Waals surface area contributed by atoms with Crippen LogP contribution < -0.4 is 5.73 Å². The molecule has 0 saturated carbocycles. The fraction of sp³-hybridized carbons (Fsp3) is 0.947. The maximum absolute atomic E-state index is 12.5. The summed E-state index contributed by atoms with van der Waals surface area (Å²) in [5, 5.41) is 21.6. The molecule has 0 aliphatic rings.